The van der Waals surface area contributed by atoms with E-state index in [-0.39, 0.29) is 6.04 Å². The van der Waals surface area contributed by atoms with Gasteiger partial charge in [0.05, 0.1) is 6.04 Å². The van der Waals surface area contributed by atoms with Gasteiger partial charge in [-0.05, 0) is 42.8 Å². The lowest BCUT2D eigenvalue weighted by atomic mass is 10.0. The second-order valence-corrected chi connectivity index (χ2v) is 5.52. The molecule has 0 saturated carbocycles. The number of hydrazine groups is 1. The highest BCUT2D eigenvalue weighted by Gasteiger charge is 2.11. The number of benzene rings is 1. The molecular formula is C14H18N2S. The molecule has 0 aliphatic carbocycles. The first-order chi connectivity index (χ1) is 8.19. The third-order valence-electron chi connectivity index (χ3n) is 2.91. The number of nitrogens with one attached hydrogen (secondary N) is 1. The van der Waals surface area contributed by atoms with Crippen molar-refractivity contribution in [2.24, 2.45) is 5.84 Å². The second-order valence-electron chi connectivity index (χ2n) is 4.40. The molecule has 2 rings (SSSR count). The van der Waals surface area contributed by atoms with Gasteiger partial charge in [0.25, 0.3) is 0 Å². The molecule has 1 atom stereocenters. The van der Waals surface area contributed by atoms with E-state index in [1.165, 1.54) is 21.6 Å². The first kappa shape index (κ1) is 12.3. The molecule has 3 N–H and O–H groups in total. The molecule has 2 nitrogen and oxygen atoms in total. The summed E-state index contributed by atoms with van der Waals surface area (Å²) in [6.07, 6.45) is 0.924. The van der Waals surface area contributed by atoms with Crippen LogP contribution in [0.2, 0.25) is 0 Å². The van der Waals surface area contributed by atoms with Gasteiger partial charge in [0, 0.05) is 4.88 Å². The molecule has 0 aliphatic rings. The van der Waals surface area contributed by atoms with E-state index in [0.29, 0.717) is 0 Å². The molecule has 1 aromatic carbocycles. The Morgan fingerprint density at radius 2 is 1.94 bits per heavy atom. The first-order valence-electron chi connectivity index (χ1n) is 5.76. The second kappa shape index (κ2) is 5.45. The average molecular weight is 246 g/mol. The minimum Gasteiger partial charge on any atom is -0.271 e. The Morgan fingerprint density at radius 3 is 2.47 bits per heavy atom. The van der Waals surface area contributed by atoms with Crippen molar-refractivity contribution in [1.82, 2.24) is 5.43 Å². The van der Waals surface area contributed by atoms with E-state index in [0.717, 1.165) is 6.42 Å². The number of rotatable bonds is 4. The van der Waals surface area contributed by atoms with Crippen LogP contribution in [0.3, 0.4) is 0 Å². The molecule has 0 saturated heterocycles. The topological polar surface area (TPSA) is 38.0 Å². The van der Waals surface area contributed by atoms with Gasteiger partial charge in [-0.2, -0.15) is 0 Å². The normalized spacial score (nSPS) is 12.6. The lowest BCUT2D eigenvalue weighted by molar-refractivity contribution is 0.553. The van der Waals surface area contributed by atoms with Crippen LogP contribution in [-0.2, 0) is 6.42 Å². The number of hydrogen-bond acceptors (Lipinski definition) is 3. The largest absolute Gasteiger partial charge is 0.271 e. The van der Waals surface area contributed by atoms with Crippen molar-refractivity contribution < 1.29 is 0 Å². The molecule has 3 heteroatoms. The number of thiophene rings is 1. The highest BCUT2D eigenvalue weighted by atomic mass is 32.1. The van der Waals surface area contributed by atoms with E-state index in [1.54, 1.807) is 11.3 Å². The monoisotopic (exact) mass is 246 g/mol. The molecule has 1 heterocycles. The fourth-order valence-corrected chi connectivity index (χ4v) is 2.64. The van der Waals surface area contributed by atoms with Crippen LogP contribution in [-0.4, -0.2) is 0 Å². The minimum atomic E-state index is 0.197. The van der Waals surface area contributed by atoms with Crippen LogP contribution in [0.4, 0.5) is 0 Å². The number of aryl methyl sites for hydroxylation is 2. The summed E-state index contributed by atoms with van der Waals surface area (Å²) in [5.41, 5.74) is 6.77. The lowest BCUT2D eigenvalue weighted by Crippen LogP contribution is -2.29. The smallest absolute Gasteiger partial charge is 0.0508 e. The van der Waals surface area contributed by atoms with Gasteiger partial charge in [-0.3, -0.25) is 11.3 Å². The SMILES string of the molecule is Cc1ccc(CC(NN)c2csc(C)c2)cc1. The Labute approximate surface area is 106 Å². The molecular weight excluding hydrogens is 228 g/mol. The standard InChI is InChI=1S/C14H18N2S/c1-10-3-5-12(6-4-10)8-14(16-15)13-7-11(2)17-9-13/h3-7,9,14,16H,8,15H2,1-2H3. The summed E-state index contributed by atoms with van der Waals surface area (Å²) >= 11 is 1.77. The molecule has 17 heavy (non-hydrogen) atoms. The van der Waals surface area contributed by atoms with Crippen molar-refractivity contribution in [1.29, 1.82) is 0 Å². The summed E-state index contributed by atoms with van der Waals surface area (Å²) in [7, 11) is 0. The van der Waals surface area contributed by atoms with Gasteiger partial charge in [0.1, 0.15) is 0 Å². The zero-order valence-electron chi connectivity index (χ0n) is 10.2. The van der Waals surface area contributed by atoms with Gasteiger partial charge >= 0.3 is 0 Å². The van der Waals surface area contributed by atoms with Crippen LogP contribution in [0.5, 0.6) is 0 Å². The summed E-state index contributed by atoms with van der Waals surface area (Å²) in [5.74, 6) is 5.65. The number of hydrogen-bond donors (Lipinski definition) is 2. The highest BCUT2D eigenvalue weighted by Crippen LogP contribution is 2.23. The Morgan fingerprint density at radius 1 is 1.24 bits per heavy atom. The summed E-state index contributed by atoms with van der Waals surface area (Å²) in [6.45, 7) is 4.22. The molecule has 0 aliphatic heterocycles. The number of nitrogens with two attached hydrogens (primary N) is 1. The molecule has 1 unspecified atom stereocenters. The quantitative estimate of drug-likeness (QED) is 0.642. The molecule has 1 aromatic heterocycles. The third-order valence-corrected chi connectivity index (χ3v) is 3.79. The Hall–Kier alpha value is -1.16. The van der Waals surface area contributed by atoms with Crippen molar-refractivity contribution in [3.05, 3.63) is 57.3 Å². The van der Waals surface area contributed by atoms with E-state index in [2.05, 4.69) is 55.0 Å². The van der Waals surface area contributed by atoms with E-state index in [1.807, 2.05) is 0 Å². The van der Waals surface area contributed by atoms with Crippen LogP contribution >= 0.6 is 11.3 Å². The maximum absolute atomic E-state index is 5.65. The molecule has 90 valence electrons. The zero-order chi connectivity index (χ0) is 12.3. The molecule has 0 spiro atoms. The van der Waals surface area contributed by atoms with Crippen LogP contribution in [0.15, 0.2) is 35.7 Å². The van der Waals surface area contributed by atoms with E-state index >= 15 is 0 Å². The fourth-order valence-electron chi connectivity index (χ4n) is 1.88. The highest BCUT2D eigenvalue weighted by molar-refractivity contribution is 7.10. The van der Waals surface area contributed by atoms with Gasteiger partial charge in [-0.15, -0.1) is 11.3 Å². The third kappa shape index (κ3) is 3.16. The molecule has 0 bridgehead atoms. The van der Waals surface area contributed by atoms with Crippen molar-refractivity contribution in [3.63, 3.8) is 0 Å². The van der Waals surface area contributed by atoms with Gasteiger partial charge in [-0.25, -0.2) is 0 Å². The van der Waals surface area contributed by atoms with E-state index < -0.39 is 0 Å². The van der Waals surface area contributed by atoms with Gasteiger partial charge in [-0.1, -0.05) is 29.8 Å². The summed E-state index contributed by atoms with van der Waals surface area (Å²) in [5, 5.41) is 2.17. The maximum Gasteiger partial charge on any atom is 0.0508 e. The zero-order valence-corrected chi connectivity index (χ0v) is 11.1. The predicted octanol–water partition coefficient (Wildman–Crippen LogP) is 3.11. The first-order valence-corrected chi connectivity index (χ1v) is 6.63. The van der Waals surface area contributed by atoms with Crippen molar-refractivity contribution in [3.8, 4) is 0 Å². The maximum atomic E-state index is 5.65. The van der Waals surface area contributed by atoms with Gasteiger partial charge in [0.2, 0.25) is 0 Å². The molecule has 0 radical (unpaired) electrons. The minimum absolute atomic E-state index is 0.197. The van der Waals surface area contributed by atoms with Gasteiger partial charge < -0.3 is 0 Å². The van der Waals surface area contributed by atoms with Crippen LogP contribution in [0, 0.1) is 13.8 Å². The van der Waals surface area contributed by atoms with Crippen molar-refractivity contribution in [2.45, 2.75) is 26.3 Å². The predicted molar refractivity (Wildman–Crippen MR) is 74.0 cm³/mol. The van der Waals surface area contributed by atoms with Gasteiger partial charge in [0.15, 0.2) is 0 Å². The lowest BCUT2D eigenvalue weighted by Gasteiger charge is -2.14. The van der Waals surface area contributed by atoms with E-state index in [9.17, 15) is 0 Å². The fraction of sp³-hybridized carbons (Fsp3) is 0.286. The summed E-state index contributed by atoms with van der Waals surface area (Å²) in [6, 6.07) is 11.0. The summed E-state index contributed by atoms with van der Waals surface area (Å²) < 4.78 is 0. The molecule has 0 amide bonds. The van der Waals surface area contributed by atoms with E-state index in [4.69, 9.17) is 5.84 Å². The molecule has 2 aromatic rings. The Bertz CT molecular complexity index is 473. The van der Waals surface area contributed by atoms with Crippen molar-refractivity contribution in [2.75, 3.05) is 0 Å². The van der Waals surface area contributed by atoms with Crippen LogP contribution in [0.1, 0.15) is 27.6 Å². The average Bonchev–Trinajstić information content (AvgIpc) is 2.75. The Kier molecular flexibility index (Phi) is 3.94. The van der Waals surface area contributed by atoms with Crippen LogP contribution < -0.4 is 11.3 Å². The van der Waals surface area contributed by atoms with Crippen LogP contribution in [0.25, 0.3) is 0 Å². The summed E-state index contributed by atoms with van der Waals surface area (Å²) in [4.78, 5) is 1.32. The van der Waals surface area contributed by atoms with Crippen molar-refractivity contribution >= 4 is 11.3 Å². The Balaban J connectivity index is 2.12. The molecule has 0 fully saturated rings.